The number of benzene rings is 1. The van der Waals surface area contributed by atoms with Crippen molar-refractivity contribution in [3.05, 3.63) is 28.8 Å². The summed E-state index contributed by atoms with van der Waals surface area (Å²) in [5.41, 5.74) is -1.26. The number of esters is 1. The SMILES string of the molecule is CC1(CNS(C)(=O)=O)CCN(S(=O)(=O)c2ccc(Cl)cc2C(=O)OC(C)(C)C)CC1. The van der Waals surface area contributed by atoms with Gasteiger partial charge < -0.3 is 4.74 Å². The molecule has 30 heavy (non-hydrogen) atoms. The number of nitrogens with zero attached hydrogens (tertiary/aromatic N) is 1. The summed E-state index contributed by atoms with van der Waals surface area (Å²) in [5, 5.41) is 0.230. The average Bonchev–Trinajstić information content (AvgIpc) is 2.58. The lowest BCUT2D eigenvalue weighted by molar-refractivity contribution is 0.00648. The summed E-state index contributed by atoms with van der Waals surface area (Å²) in [5.74, 6) is -0.761. The zero-order valence-corrected chi connectivity index (χ0v) is 20.2. The number of carbonyl (C=O) groups is 1. The van der Waals surface area contributed by atoms with Crippen LogP contribution in [0.4, 0.5) is 0 Å². The van der Waals surface area contributed by atoms with Crippen LogP contribution in [0.2, 0.25) is 5.02 Å². The first kappa shape index (κ1) is 25.1. The van der Waals surface area contributed by atoms with E-state index < -0.39 is 31.6 Å². The van der Waals surface area contributed by atoms with Gasteiger partial charge in [0.25, 0.3) is 0 Å². The Labute approximate surface area is 184 Å². The van der Waals surface area contributed by atoms with Crippen LogP contribution in [0.15, 0.2) is 23.1 Å². The Morgan fingerprint density at radius 2 is 1.77 bits per heavy atom. The maximum atomic E-state index is 13.3. The van der Waals surface area contributed by atoms with E-state index in [1.165, 1.54) is 22.5 Å². The van der Waals surface area contributed by atoms with E-state index in [1.807, 2.05) is 6.92 Å². The first-order chi connectivity index (χ1) is 13.5. The Hall–Kier alpha value is -1.20. The predicted octanol–water partition coefficient (Wildman–Crippen LogP) is 2.64. The minimum absolute atomic E-state index is 0.107. The van der Waals surface area contributed by atoms with Crippen LogP contribution in [0, 0.1) is 5.41 Å². The topological polar surface area (TPSA) is 110 Å². The molecule has 0 atom stereocenters. The molecule has 0 aromatic heterocycles. The van der Waals surface area contributed by atoms with Gasteiger partial charge in [0.1, 0.15) is 5.60 Å². The van der Waals surface area contributed by atoms with Crippen LogP contribution in [0.5, 0.6) is 0 Å². The highest BCUT2D eigenvalue weighted by Gasteiger charge is 2.37. The molecule has 1 aromatic carbocycles. The van der Waals surface area contributed by atoms with Crippen molar-refractivity contribution in [2.75, 3.05) is 25.9 Å². The number of hydrogen-bond acceptors (Lipinski definition) is 6. The molecule has 2 rings (SSSR count). The van der Waals surface area contributed by atoms with Gasteiger partial charge in [-0.15, -0.1) is 0 Å². The van der Waals surface area contributed by atoms with Crippen molar-refractivity contribution >= 4 is 37.6 Å². The van der Waals surface area contributed by atoms with Crippen LogP contribution in [-0.2, 0) is 24.8 Å². The molecular weight excluding hydrogens is 452 g/mol. The third-order valence-corrected chi connectivity index (χ3v) is 7.73. The van der Waals surface area contributed by atoms with Gasteiger partial charge in [-0.2, -0.15) is 4.31 Å². The fourth-order valence-corrected chi connectivity index (χ4v) is 5.49. The van der Waals surface area contributed by atoms with E-state index in [9.17, 15) is 21.6 Å². The van der Waals surface area contributed by atoms with Crippen LogP contribution in [0.1, 0.15) is 50.9 Å². The minimum atomic E-state index is -3.97. The van der Waals surface area contributed by atoms with E-state index in [0.717, 1.165) is 6.26 Å². The van der Waals surface area contributed by atoms with Crippen molar-refractivity contribution in [3.8, 4) is 0 Å². The monoisotopic (exact) mass is 480 g/mol. The molecule has 0 spiro atoms. The summed E-state index contributed by atoms with van der Waals surface area (Å²) in [6.45, 7) is 7.66. The summed E-state index contributed by atoms with van der Waals surface area (Å²) >= 11 is 6.00. The van der Waals surface area contributed by atoms with Gasteiger partial charge in [0.15, 0.2) is 0 Å². The van der Waals surface area contributed by atoms with Crippen LogP contribution in [0.25, 0.3) is 0 Å². The van der Waals surface area contributed by atoms with Gasteiger partial charge >= 0.3 is 5.97 Å². The highest BCUT2D eigenvalue weighted by molar-refractivity contribution is 7.89. The molecule has 0 unspecified atom stereocenters. The molecule has 1 fully saturated rings. The van der Waals surface area contributed by atoms with Crippen molar-refractivity contribution in [3.63, 3.8) is 0 Å². The van der Waals surface area contributed by atoms with Gasteiger partial charge in [-0.1, -0.05) is 18.5 Å². The van der Waals surface area contributed by atoms with Gasteiger partial charge in [-0.05, 0) is 57.2 Å². The lowest BCUT2D eigenvalue weighted by Gasteiger charge is -2.38. The molecule has 1 aliphatic heterocycles. The molecule has 0 radical (unpaired) electrons. The van der Waals surface area contributed by atoms with Crippen LogP contribution in [0.3, 0.4) is 0 Å². The standard InChI is InChI=1S/C19H29ClN2O6S2/c1-18(2,3)28-17(23)15-12-14(20)6-7-16(15)30(26,27)22-10-8-19(4,9-11-22)13-21-29(5,24)25/h6-7,12,21H,8-11,13H2,1-5H3. The molecule has 8 nitrogen and oxygen atoms in total. The molecular formula is C19H29ClN2O6S2. The Bertz CT molecular complexity index is 1010. The second-order valence-corrected chi connectivity index (χ2v) is 13.1. The normalized spacial score (nSPS) is 18.2. The summed E-state index contributed by atoms with van der Waals surface area (Å²) in [6.07, 6.45) is 2.04. The van der Waals surface area contributed by atoms with Gasteiger partial charge in [0.05, 0.1) is 16.7 Å². The Balaban J connectivity index is 2.26. The minimum Gasteiger partial charge on any atom is -0.456 e. The smallest absolute Gasteiger partial charge is 0.340 e. The number of rotatable bonds is 6. The molecule has 1 aromatic rings. The summed E-state index contributed by atoms with van der Waals surface area (Å²) in [4.78, 5) is 12.5. The van der Waals surface area contributed by atoms with Gasteiger partial charge in [0, 0.05) is 24.7 Å². The third kappa shape index (κ3) is 6.65. The summed E-state index contributed by atoms with van der Waals surface area (Å²) < 4.78 is 58.5. The number of sulfonamides is 2. The number of carbonyl (C=O) groups excluding carboxylic acids is 1. The van der Waals surface area contributed by atoms with Crippen LogP contribution >= 0.6 is 11.6 Å². The third-order valence-electron chi connectivity index (χ3n) is 4.87. The highest BCUT2D eigenvalue weighted by Crippen LogP contribution is 2.34. The number of nitrogens with one attached hydrogen (secondary N) is 1. The summed E-state index contributed by atoms with van der Waals surface area (Å²) in [6, 6.07) is 4.04. The maximum Gasteiger partial charge on any atom is 0.340 e. The fraction of sp³-hybridized carbons (Fsp3) is 0.632. The molecule has 1 N–H and O–H groups in total. The van der Waals surface area contributed by atoms with E-state index >= 15 is 0 Å². The number of halogens is 1. The second-order valence-electron chi connectivity index (χ2n) is 8.95. The van der Waals surface area contributed by atoms with Crippen LogP contribution < -0.4 is 4.72 Å². The zero-order valence-electron chi connectivity index (χ0n) is 17.9. The highest BCUT2D eigenvalue weighted by atomic mass is 35.5. The Morgan fingerprint density at radius 1 is 1.20 bits per heavy atom. The molecule has 11 heteroatoms. The molecule has 0 saturated carbocycles. The van der Waals surface area contributed by atoms with E-state index in [4.69, 9.17) is 16.3 Å². The van der Waals surface area contributed by atoms with Crippen molar-refractivity contribution in [1.29, 1.82) is 0 Å². The molecule has 1 saturated heterocycles. The fourth-order valence-electron chi connectivity index (χ4n) is 3.11. The van der Waals surface area contributed by atoms with Crippen LogP contribution in [-0.4, -0.2) is 58.6 Å². The average molecular weight is 481 g/mol. The van der Waals surface area contributed by atoms with Gasteiger partial charge in [0.2, 0.25) is 20.0 Å². The number of ether oxygens (including phenoxy) is 1. The first-order valence-corrected chi connectivity index (χ1v) is 13.2. The van der Waals surface area contributed by atoms with E-state index in [1.54, 1.807) is 20.8 Å². The van der Waals surface area contributed by atoms with Crippen molar-refractivity contribution < 1.29 is 26.4 Å². The summed E-state index contributed by atoms with van der Waals surface area (Å²) in [7, 11) is -7.29. The second kappa shape index (κ2) is 8.74. The maximum absolute atomic E-state index is 13.3. The zero-order chi connectivity index (χ0) is 23.0. The van der Waals surface area contributed by atoms with Crippen molar-refractivity contribution in [2.45, 2.75) is 51.0 Å². The number of piperidine rings is 1. The molecule has 0 bridgehead atoms. The van der Waals surface area contributed by atoms with Gasteiger partial charge in [-0.3, -0.25) is 0 Å². The Kier molecular flexibility index (Phi) is 7.30. The number of hydrogen-bond donors (Lipinski definition) is 1. The van der Waals surface area contributed by atoms with E-state index in [-0.39, 0.29) is 40.5 Å². The molecule has 0 amide bonds. The molecule has 1 aliphatic rings. The van der Waals surface area contributed by atoms with Crippen molar-refractivity contribution in [2.24, 2.45) is 5.41 Å². The Morgan fingerprint density at radius 3 is 2.27 bits per heavy atom. The molecule has 1 heterocycles. The molecule has 0 aliphatic carbocycles. The van der Waals surface area contributed by atoms with E-state index in [2.05, 4.69) is 4.72 Å². The first-order valence-electron chi connectivity index (χ1n) is 9.50. The van der Waals surface area contributed by atoms with Crippen molar-refractivity contribution in [1.82, 2.24) is 9.03 Å². The quantitative estimate of drug-likeness (QED) is 0.627. The van der Waals surface area contributed by atoms with E-state index in [0.29, 0.717) is 12.8 Å². The largest absolute Gasteiger partial charge is 0.456 e. The lowest BCUT2D eigenvalue weighted by atomic mass is 9.81. The lowest BCUT2D eigenvalue weighted by Crippen LogP contribution is -2.46. The molecule has 170 valence electrons. The predicted molar refractivity (Wildman–Crippen MR) is 116 cm³/mol. The van der Waals surface area contributed by atoms with Gasteiger partial charge in [-0.25, -0.2) is 26.4 Å².